The van der Waals surface area contributed by atoms with Crippen molar-refractivity contribution >= 4 is 5.96 Å². The predicted molar refractivity (Wildman–Crippen MR) is 97.0 cm³/mol. The van der Waals surface area contributed by atoms with Gasteiger partial charge in [0.25, 0.3) is 0 Å². The van der Waals surface area contributed by atoms with Crippen molar-refractivity contribution in [2.24, 2.45) is 4.99 Å². The molecule has 0 amide bonds. The first-order chi connectivity index (χ1) is 11.3. The highest BCUT2D eigenvalue weighted by atomic mass is 15.3. The van der Waals surface area contributed by atoms with Crippen molar-refractivity contribution in [1.29, 1.82) is 0 Å². The van der Waals surface area contributed by atoms with Gasteiger partial charge in [-0.3, -0.25) is 14.8 Å². The molecule has 132 valence electrons. The lowest BCUT2D eigenvalue weighted by atomic mass is 10.0. The van der Waals surface area contributed by atoms with Gasteiger partial charge in [-0.2, -0.15) is 0 Å². The van der Waals surface area contributed by atoms with Crippen molar-refractivity contribution in [2.45, 2.75) is 57.5 Å². The second-order valence-corrected chi connectivity index (χ2v) is 7.34. The fourth-order valence-electron chi connectivity index (χ4n) is 4.59. The molecule has 2 atom stereocenters. The quantitative estimate of drug-likeness (QED) is 0.630. The summed E-state index contributed by atoms with van der Waals surface area (Å²) in [6.07, 6.45) is 8.14. The summed E-state index contributed by atoms with van der Waals surface area (Å²) in [6, 6.07) is 1.43. The van der Waals surface area contributed by atoms with E-state index in [4.69, 9.17) is 0 Å². The Morgan fingerprint density at radius 3 is 2.57 bits per heavy atom. The number of nitrogens with one attached hydrogen (secondary N) is 1. The van der Waals surface area contributed by atoms with Gasteiger partial charge in [-0.1, -0.05) is 13.3 Å². The number of likely N-dealkylation sites (tertiary alicyclic amines) is 3. The van der Waals surface area contributed by atoms with E-state index in [2.05, 4.69) is 31.9 Å². The number of likely N-dealkylation sites (N-methyl/N-ethyl adjacent to an activating group) is 1. The second kappa shape index (κ2) is 8.34. The van der Waals surface area contributed by atoms with E-state index >= 15 is 0 Å². The molecule has 0 bridgehead atoms. The molecule has 5 nitrogen and oxygen atoms in total. The van der Waals surface area contributed by atoms with Gasteiger partial charge in [0.1, 0.15) is 0 Å². The van der Waals surface area contributed by atoms with Crippen LogP contribution >= 0.6 is 0 Å². The molecule has 0 saturated carbocycles. The fraction of sp³-hybridized carbons (Fsp3) is 0.944. The molecule has 2 unspecified atom stereocenters. The molecule has 0 radical (unpaired) electrons. The molecule has 0 spiro atoms. The van der Waals surface area contributed by atoms with Crippen LogP contribution in [0.3, 0.4) is 0 Å². The van der Waals surface area contributed by atoms with E-state index in [0.29, 0.717) is 6.04 Å². The summed E-state index contributed by atoms with van der Waals surface area (Å²) in [4.78, 5) is 12.3. The number of guanidine groups is 1. The van der Waals surface area contributed by atoms with Crippen LogP contribution in [-0.4, -0.2) is 85.6 Å². The van der Waals surface area contributed by atoms with E-state index in [1.807, 2.05) is 7.05 Å². The topological polar surface area (TPSA) is 34.1 Å². The lowest BCUT2D eigenvalue weighted by Crippen LogP contribution is -2.50. The molecule has 0 aliphatic carbocycles. The Labute approximate surface area is 142 Å². The maximum atomic E-state index is 4.56. The standard InChI is InChI=1S/C18H35N5/c1-3-21-10-5-4-8-16(21)14-20-18(19-2)23-13-9-17(15-23)22-11-6-7-12-22/h16-17H,3-15H2,1-2H3,(H,19,20). The van der Waals surface area contributed by atoms with Crippen LogP contribution in [0.25, 0.3) is 0 Å². The number of rotatable bonds is 4. The van der Waals surface area contributed by atoms with Crippen LogP contribution in [0.15, 0.2) is 4.99 Å². The highest BCUT2D eigenvalue weighted by Crippen LogP contribution is 2.21. The molecular weight excluding hydrogens is 286 g/mol. The zero-order valence-electron chi connectivity index (χ0n) is 15.1. The Morgan fingerprint density at radius 1 is 1.04 bits per heavy atom. The van der Waals surface area contributed by atoms with Gasteiger partial charge in [0.05, 0.1) is 0 Å². The normalized spacial score (nSPS) is 31.0. The fourth-order valence-corrected chi connectivity index (χ4v) is 4.59. The first-order valence-corrected chi connectivity index (χ1v) is 9.75. The average Bonchev–Trinajstić information content (AvgIpc) is 3.27. The summed E-state index contributed by atoms with van der Waals surface area (Å²) in [5.41, 5.74) is 0. The number of aliphatic imine (C=N–C) groups is 1. The van der Waals surface area contributed by atoms with E-state index in [1.54, 1.807) is 0 Å². The summed E-state index contributed by atoms with van der Waals surface area (Å²) < 4.78 is 0. The molecule has 3 aliphatic rings. The number of hydrogen-bond donors (Lipinski definition) is 1. The van der Waals surface area contributed by atoms with Crippen molar-refractivity contribution in [3.8, 4) is 0 Å². The zero-order valence-corrected chi connectivity index (χ0v) is 15.1. The molecule has 3 fully saturated rings. The molecule has 0 aromatic carbocycles. The van der Waals surface area contributed by atoms with Gasteiger partial charge in [-0.05, 0) is 58.3 Å². The van der Waals surface area contributed by atoms with Gasteiger partial charge in [-0.15, -0.1) is 0 Å². The van der Waals surface area contributed by atoms with Crippen LogP contribution in [0.5, 0.6) is 0 Å². The minimum atomic E-state index is 0.683. The molecule has 3 rings (SSSR count). The van der Waals surface area contributed by atoms with Crippen molar-refractivity contribution in [1.82, 2.24) is 20.0 Å². The smallest absolute Gasteiger partial charge is 0.193 e. The Morgan fingerprint density at radius 2 is 1.83 bits per heavy atom. The van der Waals surface area contributed by atoms with Crippen LogP contribution in [0.1, 0.15) is 45.4 Å². The number of nitrogens with zero attached hydrogens (tertiary/aromatic N) is 4. The van der Waals surface area contributed by atoms with Gasteiger partial charge in [0.15, 0.2) is 5.96 Å². The van der Waals surface area contributed by atoms with E-state index in [0.717, 1.165) is 31.6 Å². The molecular formula is C18H35N5. The lowest BCUT2D eigenvalue weighted by molar-refractivity contribution is 0.156. The monoisotopic (exact) mass is 321 g/mol. The van der Waals surface area contributed by atoms with Gasteiger partial charge < -0.3 is 10.2 Å². The van der Waals surface area contributed by atoms with Gasteiger partial charge in [0, 0.05) is 38.8 Å². The van der Waals surface area contributed by atoms with Crippen LogP contribution < -0.4 is 5.32 Å². The maximum absolute atomic E-state index is 4.56. The van der Waals surface area contributed by atoms with E-state index in [9.17, 15) is 0 Å². The summed E-state index contributed by atoms with van der Waals surface area (Å²) in [5.74, 6) is 1.12. The highest BCUT2D eigenvalue weighted by molar-refractivity contribution is 5.80. The van der Waals surface area contributed by atoms with Crippen molar-refractivity contribution in [3.05, 3.63) is 0 Å². The Kier molecular flexibility index (Phi) is 6.17. The van der Waals surface area contributed by atoms with Crippen LogP contribution in [-0.2, 0) is 0 Å². The van der Waals surface area contributed by atoms with E-state index in [1.165, 1.54) is 64.7 Å². The predicted octanol–water partition coefficient (Wildman–Crippen LogP) is 1.61. The molecule has 1 N–H and O–H groups in total. The number of hydrogen-bond acceptors (Lipinski definition) is 3. The van der Waals surface area contributed by atoms with E-state index < -0.39 is 0 Å². The first-order valence-electron chi connectivity index (χ1n) is 9.75. The van der Waals surface area contributed by atoms with Crippen LogP contribution in [0, 0.1) is 0 Å². The third kappa shape index (κ3) is 4.18. The summed E-state index contributed by atoms with van der Waals surface area (Å²) in [5, 5.41) is 3.67. The van der Waals surface area contributed by atoms with Crippen LogP contribution in [0.2, 0.25) is 0 Å². The molecule has 0 aromatic rings. The Balaban J connectivity index is 1.48. The zero-order chi connectivity index (χ0) is 16.1. The third-order valence-electron chi connectivity index (χ3n) is 5.98. The molecule has 0 aromatic heterocycles. The molecule has 23 heavy (non-hydrogen) atoms. The summed E-state index contributed by atoms with van der Waals surface area (Å²) in [7, 11) is 1.93. The molecule has 3 heterocycles. The molecule has 3 aliphatic heterocycles. The first kappa shape index (κ1) is 17.0. The van der Waals surface area contributed by atoms with Crippen molar-refractivity contribution in [2.75, 3.05) is 52.9 Å². The summed E-state index contributed by atoms with van der Waals surface area (Å²) >= 11 is 0. The largest absolute Gasteiger partial charge is 0.355 e. The Bertz CT molecular complexity index is 391. The van der Waals surface area contributed by atoms with Gasteiger partial charge >= 0.3 is 0 Å². The van der Waals surface area contributed by atoms with Crippen LogP contribution in [0.4, 0.5) is 0 Å². The lowest BCUT2D eigenvalue weighted by Gasteiger charge is -2.36. The molecule has 3 saturated heterocycles. The van der Waals surface area contributed by atoms with E-state index in [-0.39, 0.29) is 0 Å². The SMILES string of the molecule is CCN1CCCCC1CNC(=NC)N1CCC(N2CCCC2)C1. The highest BCUT2D eigenvalue weighted by Gasteiger charge is 2.31. The molecule has 5 heteroatoms. The van der Waals surface area contributed by atoms with Gasteiger partial charge in [0.2, 0.25) is 0 Å². The Hall–Kier alpha value is -0.810. The minimum absolute atomic E-state index is 0.683. The second-order valence-electron chi connectivity index (χ2n) is 7.34. The van der Waals surface area contributed by atoms with Crippen molar-refractivity contribution in [3.63, 3.8) is 0 Å². The maximum Gasteiger partial charge on any atom is 0.193 e. The third-order valence-corrected chi connectivity index (χ3v) is 5.98. The summed E-state index contributed by atoms with van der Waals surface area (Å²) in [6.45, 7) is 10.7. The van der Waals surface area contributed by atoms with Crippen molar-refractivity contribution < 1.29 is 0 Å². The average molecular weight is 322 g/mol. The minimum Gasteiger partial charge on any atom is -0.355 e. The van der Waals surface area contributed by atoms with Gasteiger partial charge in [-0.25, -0.2) is 0 Å². The number of piperidine rings is 1.